The van der Waals surface area contributed by atoms with Crippen molar-refractivity contribution < 1.29 is 0 Å². The predicted molar refractivity (Wildman–Crippen MR) is 213 cm³/mol. The molecule has 0 bridgehead atoms. The molecular formula is C45H29N3S. The standard InChI is InChI=1S/C45H29N3S/c1-46-43-32-18-8-6-14-29(32)23-25-36(43)42(30-15-3-2-4-16-30)47-27-48-37-22-12-11-21-35(37)40-41-39-31-17-7-5-13-28(31)24-26-38(39)49-45(41)34-20-10-9-19-33(34)44(40)48/h2-26H,1,27H2. The van der Waals surface area contributed by atoms with Gasteiger partial charge < -0.3 is 4.57 Å². The predicted octanol–water partition coefficient (Wildman–Crippen LogP) is 12.4. The van der Waals surface area contributed by atoms with Gasteiger partial charge >= 0.3 is 0 Å². The van der Waals surface area contributed by atoms with E-state index in [-0.39, 0.29) is 0 Å². The first-order valence-electron chi connectivity index (χ1n) is 16.5. The lowest BCUT2D eigenvalue weighted by molar-refractivity contribution is 0.795. The summed E-state index contributed by atoms with van der Waals surface area (Å²) in [6, 6.07) is 54.2. The fourth-order valence-electron chi connectivity index (χ4n) is 7.85. The van der Waals surface area contributed by atoms with Crippen LogP contribution >= 0.6 is 11.3 Å². The van der Waals surface area contributed by atoms with E-state index < -0.39 is 0 Å². The second kappa shape index (κ2) is 11.0. The van der Waals surface area contributed by atoms with Gasteiger partial charge in [0.1, 0.15) is 6.67 Å². The summed E-state index contributed by atoms with van der Waals surface area (Å²) in [5.74, 6) is 0. The number of hydrogen-bond acceptors (Lipinski definition) is 3. The number of benzene rings is 8. The summed E-state index contributed by atoms with van der Waals surface area (Å²) in [6.07, 6.45) is 0. The average Bonchev–Trinajstić information content (AvgIpc) is 3.72. The van der Waals surface area contributed by atoms with Crippen LogP contribution in [0.4, 0.5) is 5.69 Å². The van der Waals surface area contributed by atoms with Gasteiger partial charge in [-0.25, -0.2) is 0 Å². The van der Waals surface area contributed by atoms with E-state index in [0.717, 1.165) is 33.3 Å². The number of hydrogen-bond donors (Lipinski definition) is 0. The van der Waals surface area contributed by atoms with Crippen LogP contribution in [0, 0.1) is 0 Å². The molecule has 0 spiro atoms. The van der Waals surface area contributed by atoms with Gasteiger partial charge in [0.15, 0.2) is 0 Å². The molecule has 3 nitrogen and oxygen atoms in total. The van der Waals surface area contributed by atoms with Crippen molar-refractivity contribution in [1.82, 2.24) is 4.57 Å². The number of rotatable bonds is 5. The average molecular weight is 644 g/mol. The summed E-state index contributed by atoms with van der Waals surface area (Å²) in [7, 11) is 0. The van der Waals surface area contributed by atoms with Gasteiger partial charge in [0.25, 0.3) is 0 Å². The Morgan fingerprint density at radius 2 is 1.18 bits per heavy atom. The Kier molecular flexibility index (Phi) is 6.27. The number of thiophene rings is 1. The zero-order chi connectivity index (χ0) is 32.5. The van der Waals surface area contributed by atoms with E-state index in [9.17, 15) is 0 Å². The molecule has 230 valence electrons. The van der Waals surface area contributed by atoms with Gasteiger partial charge in [-0.05, 0) is 41.1 Å². The number of aromatic nitrogens is 1. The number of nitrogens with zero attached hydrogens (tertiary/aromatic N) is 3. The maximum Gasteiger partial charge on any atom is 0.115 e. The highest BCUT2D eigenvalue weighted by Crippen LogP contribution is 2.49. The first-order valence-corrected chi connectivity index (χ1v) is 17.4. The van der Waals surface area contributed by atoms with Crippen LogP contribution in [0.1, 0.15) is 11.1 Å². The summed E-state index contributed by atoms with van der Waals surface area (Å²) >= 11 is 1.90. The SMILES string of the molecule is C=Nc1c(C(=NCn2c3ccccc3c3c4c(sc5ccc6ccccc6c54)c4ccccc4c32)c2ccccc2)ccc2ccccc12. The molecule has 10 rings (SSSR count). The minimum Gasteiger partial charge on any atom is -0.320 e. The molecule has 0 fully saturated rings. The lowest BCUT2D eigenvalue weighted by Crippen LogP contribution is -2.07. The third-order valence-electron chi connectivity index (χ3n) is 9.96. The van der Waals surface area contributed by atoms with Crippen molar-refractivity contribution in [3.8, 4) is 0 Å². The van der Waals surface area contributed by atoms with Gasteiger partial charge in [-0.15, -0.1) is 11.3 Å². The number of aliphatic imine (C=N–C) groups is 2. The van der Waals surface area contributed by atoms with Crippen LogP contribution in [-0.4, -0.2) is 17.0 Å². The summed E-state index contributed by atoms with van der Waals surface area (Å²) in [5, 5.41) is 12.5. The monoisotopic (exact) mass is 643 g/mol. The highest BCUT2D eigenvalue weighted by Gasteiger charge is 2.22. The van der Waals surface area contributed by atoms with Crippen molar-refractivity contribution in [3.63, 3.8) is 0 Å². The van der Waals surface area contributed by atoms with Crippen molar-refractivity contribution in [3.05, 3.63) is 163 Å². The molecule has 0 aliphatic carbocycles. The molecule has 0 atom stereocenters. The molecule has 0 aliphatic rings. The molecule has 2 aromatic heterocycles. The maximum atomic E-state index is 5.50. The van der Waals surface area contributed by atoms with E-state index >= 15 is 0 Å². The first kappa shape index (κ1) is 28.0. The molecule has 0 amide bonds. The van der Waals surface area contributed by atoms with Crippen LogP contribution in [0.15, 0.2) is 162 Å². The zero-order valence-electron chi connectivity index (χ0n) is 26.6. The molecule has 49 heavy (non-hydrogen) atoms. The minimum absolute atomic E-state index is 0.440. The maximum absolute atomic E-state index is 5.50. The van der Waals surface area contributed by atoms with E-state index in [1.165, 1.54) is 63.5 Å². The molecule has 0 unspecified atom stereocenters. The van der Waals surface area contributed by atoms with E-state index in [1.54, 1.807) is 0 Å². The molecule has 0 radical (unpaired) electrons. The number of fused-ring (bicyclic) bond motifs is 13. The quantitative estimate of drug-likeness (QED) is 0.167. The molecule has 8 aromatic carbocycles. The first-order chi connectivity index (χ1) is 24.3. The Labute approximate surface area is 286 Å². The largest absolute Gasteiger partial charge is 0.320 e. The fourth-order valence-corrected chi connectivity index (χ4v) is 9.12. The second-order valence-electron chi connectivity index (χ2n) is 12.5. The second-order valence-corrected chi connectivity index (χ2v) is 13.6. The molecule has 0 saturated carbocycles. The lowest BCUT2D eigenvalue weighted by Gasteiger charge is -2.14. The third-order valence-corrected chi connectivity index (χ3v) is 11.1. The third kappa shape index (κ3) is 4.14. The van der Waals surface area contributed by atoms with Crippen LogP contribution < -0.4 is 0 Å². The summed E-state index contributed by atoms with van der Waals surface area (Å²) < 4.78 is 5.07. The topological polar surface area (TPSA) is 29.6 Å². The fraction of sp³-hybridized carbons (Fsp3) is 0.0222. The van der Waals surface area contributed by atoms with Crippen molar-refractivity contribution in [2.75, 3.05) is 0 Å². The van der Waals surface area contributed by atoms with Crippen LogP contribution in [0.25, 0.3) is 74.3 Å². The van der Waals surface area contributed by atoms with E-state index in [1.807, 2.05) is 17.4 Å². The van der Waals surface area contributed by atoms with E-state index in [0.29, 0.717) is 6.67 Å². The van der Waals surface area contributed by atoms with Crippen LogP contribution in [0.3, 0.4) is 0 Å². The van der Waals surface area contributed by atoms with Gasteiger partial charge in [0.2, 0.25) is 0 Å². The van der Waals surface area contributed by atoms with Gasteiger partial charge in [-0.1, -0.05) is 133 Å². The molecule has 0 saturated heterocycles. The van der Waals surface area contributed by atoms with Crippen molar-refractivity contribution in [2.45, 2.75) is 6.67 Å². The molecule has 2 heterocycles. The Hall–Kier alpha value is -6.10. The highest BCUT2D eigenvalue weighted by atomic mass is 32.1. The molecular weight excluding hydrogens is 615 g/mol. The van der Waals surface area contributed by atoms with E-state index in [4.69, 9.17) is 4.99 Å². The van der Waals surface area contributed by atoms with E-state index in [2.05, 4.69) is 162 Å². The molecule has 10 aromatic rings. The number of para-hydroxylation sites is 1. The summed E-state index contributed by atoms with van der Waals surface area (Å²) in [4.78, 5) is 10.1. The molecule has 0 aliphatic heterocycles. The van der Waals surface area contributed by atoms with Crippen LogP contribution in [0.2, 0.25) is 0 Å². The summed E-state index contributed by atoms with van der Waals surface area (Å²) in [6.45, 7) is 4.45. The minimum atomic E-state index is 0.440. The molecule has 4 heteroatoms. The van der Waals surface area contributed by atoms with Crippen molar-refractivity contribution in [2.24, 2.45) is 9.98 Å². The van der Waals surface area contributed by atoms with Crippen molar-refractivity contribution >= 4 is 104 Å². The van der Waals surface area contributed by atoms with Gasteiger partial charge in [0.05, 0.1) is 22.4 Å². The van der Waals surface area contributed by atoms with Gasteiger partial charge in [-0.3, -0.25) is 9.98 Å². The normalized spacial score (nSPS) is 12.4. The lowest BCUT2D eigenvalue weighted by atomic mass is 9.96. The Morgan fingerprint density at radius 1 is 0.551 bits per heavy atom. The van der Waals surface area contributed by atoms with Crippen LogP contribution in [0.5, 0.6) is 0 Å². The van der Waals surface area contributed by atoms with Gasteiger partial charge in [0, 0.05) is 58.2 Å². The van der Waals surface area contributed by atoms with Gasteiger partial charge in [-0.2, -0.15) is 0 Å². The Morgan fingerprint density at radius 3 is 1.98 bits per heavy atom. The molecule has 0 N–H and O–H groups in total. The summed E-state index contributed by atoms with van der Waals surface area (Å²) in [5.41, 5.74) is 6.16. The Bertz CT molecular complexity index is 2980. The smallest absolute Gasteiger partial charge is 0.115 e. The zero-order valence-corrected chi connectivity index (χ0v) is 27.4. The Balaban J connectivity index is 1.32. The highest BCUT2D eigenvalue weighted by molar-refractivity contribution is 7.27. The van der Waals surface area contributed by atoms with Crippen LogP contribution in [-0.2, 0) is 6.67 Å². The van der Waals surface area contributed by atoms with Crippen molar-refractivity contribution in [1.29, 1.82) is 0 Å².